The molecule has 0 radical (unpaired) electrons. The number of rotatable bonds is 3. The number of aliphatic carboxylic acids is 1. The number of hydrogen-bond donors (Lipinski definition) is 1. The van der Waals surface area contributed by atoms with E-state index in [1.165, 1.54) is 0 Å². The molecule has 0 bridgehead atoms. The van der Waals surface area contributed by atoms with Gasteiger partial charge in [0.05, 0.1) is 18.3 Å². The van der Waals surface area contributed by atoms with E-state index >= 15 is 0 Å². The van der Waals surface area contributed by atoms with Crippen molar-refractivity contribution in [1.29, 1.82) is 0 Å². The van der Waals surface area contributed by atoms with Crippen LogP contribution in [-0.2, 0) is 9.53 Å². The monoisotopic (exact) mass is 340 g/mol. The molecule has 0 spiro atoms. The van der Waals surface area contributed by atoms with Crippen LogP contribution in [0.3, 0.4) is 0 Å². The second-order valence-corrected chi connectivity index (χ2v) is 6.18. The number of pyridine rings is 1. The highest BCUT2D eigenvalue weighted by Crippen LogP contribution is 2.25. The molecular weight excluding hydrogens is 320 g/mol. The quantitative estimate of drug-likeness (QED) is 0.928. The molecule has 1 aliphatic heterocycles. The number of benzene rings is 1. The molecule has 25 heavy (non-hydrogen) atoms. The topological polar surface area (TPSA) is 79.7 Å². The Balaban J connectivity index is 1.91. The first kappa shape index (κ1) is 17.1. The Kier molecular flexibility index (Phi) is 4.81. The van der Waals surface area contributed by atoms with E-state index in [1.54, 1.807) is 24.1 Å². The number of hydrogen-bond acceptors (Lipinski definition) is 4. The van der Waals surface area contributed by atoms with Crippen molar-refractivity contribution in [3.8, 4) is 11.3 Å². The molecule has 6 nitrogen and oxygen atoms in total. The Morgan fingerprint density at radius 3 is 2.68 bits per heavy atom. The van der Waals surface area contributed by atoms with E-state index in [-0.39, 0.29) is 18.6 Å². The second kappa shape index (κ2) is 7.03. The molecule has 130 valence electrons. The minimum absolute atomic E-state index is 0.0474. The minimum atomic E-state index is -1.05. The van der Waals surface area contributed by atoms with Gasteiger partial charge in [-0.05, 0) is 37.6 Å². The van der Waals surface area contributed by atoms with Crippen LogP contribution in [0.1, 0.15) is 22.8 Å². The largest absolute Gasteiger partial charge is 0.479 e. The van der Waals surface area contributed by atoms with E-state index in [0.29, 0.717) is 12.1 Å². The van der Waals surface area contributed by atoms with Crippen molar-refractivity contribution in [1.82, 2.24) is 9.88 Å². The first-order valence-electron chi connectivity index (χ1n) is 8.16. The number of aromatic nitrogens is 1. The third-order valence-corrected chi connectivity index (χ3v) is 4.33. The van der Waals surface area contributed by atoms with Gasteiger partial charge in [-0.25, -0.2) is 4.79 Å². The highest BCUT2D eigenvalue weighted by molar-refractivity contribution is 5.97. The molecule has 1 aliphatic rings. The highest BCUT2D eigenvalue weighted by atomic mass is 16.5. The summed E-state index contributed by atoms with van der Waals surface area (Å²) < 4.78 is 5.38. The predicted molar refractivity (Wildman–Crippen MR) is 92.3 cm³/mol. The molecule has 1 aromatic carbocycles. The maximum absolute atomic E-state index is 13.0. The number of morpholine rings is 1. The fraction of sp³-hybridized carbons (Fsp3) is 0.316. The van der Waals surface area contributed by atoms with Crippen molar-refractivity contribution in [3.05, 3.63) is 53.7 Å². The minimum Gasteiger partial charge on any atom is -0.479 e. The van der Waals surface area contributed by atoms with Crippen LogP contribution in [0.25, 0.3) is 11.3 Å². The van der Waals surface area contributed by atoms with Gasteiger partial charge in [-0.15, -0.1) is 0 Å². The summed E-state index contributed by atoms with van der Waals surface area (Å²) in [5, 5.41) is 9.20. The third-order valence-electron chi connectivity index (χ3n) is 4.33. The number of carboxylic acid groups (broad SMARTS) is 1. The van der Waals surface area contributed by atoms with Crippen LogP contribution in [0.15, 0.2) is 42.6 Å². The van der Waals surface area contributed by atoms with E-state index in [0.717, 1.165) is 16.8 Å². The summed E-state index contributed by atoms with van der Waals surface area (Å²) in [6.45, 7) is 4.07. The summed E-state index contributed by atoms with van der Waals surface area (Å²) in [6.07, 6.45) is 0.398. The summed E-state index contributed by atoms with van der Waals surface area (Å²) in [4.78, 5) is 30.1. The molecule has 6 heteroatoms. The molecule has 1 aromatic heterocycles. The maximum Gasteiger partial charge on any atom is 0.334 e. The third kappa shape index (κ3) is 3.53. The number of carbonyl (C=O) groups is 2. The lowest BCUT2D eigenvalue weighted by atomic mass is 9.98. The van der Waals surface area contributed by atoms with Gasteiger partial charge >= 0.3 is 5.97 Å². The molecule has 0 aliphatic carbocycles. The van der Waals surface area contributed by atoms with Crippen LogP contribution < -0.4 is 0 Å². The van der Waals surface area contributed by atoms with Crippen LogP contribution in [0.4, 0.5) is 0 Å². The van der Waals surface area contributed by atoms with Gasteiger partial charge in [0.1, 0.15) is 0 Å². The molecule has 0 saturated carbocycles. The fourth-order valence-electron chi connectivity index (χ4n) is 3.09. The SMILES string of the molecule is Cc1c(C(=O)N2CC(C(=O)O)O[C@H](C)C2)cccc1-c1ccccn1. The van der Waals surface area contributed by atoms with E-state index in [1.807, 2.05) is 37.3 Å². The van der Waals surface area contributed by atoms with Crippen LogP contribution >= 0.6 is 0 Å². The second-order valence-electron chi connectivity index (χ2n) is 6.18. The summed E-state index contributed by atoms with van der Waals surface area (Å²) in [7, 11) is 0. The van der Waals surface area contributed by atoms with Crippen molar-refractivity contribution in [3.63, 3.8) is 0 Å². The Morgan fingerprint density at radius 1 is 1.20 bits per heavy atom. The van der Waals surface area contributed by atoms with Crippen molar-refractivity contribution in [2.75, 3.05) is 13.1 Å². The molecule has 1 N–H and O–H groups in total. The van der Waals surface area contributed by atoms with Crippen molar-refractivity contribution < 1.29 is 19.4 Å². The normalized spacial score (nSPS) is 20.3. The summed E-state index contributed by atoms with van der Waals surface area (Å²) in [5.74, 6) is -1.24. The molecule has 2 aromatic rings. The Hall–Kier alpha value is -2.73. The van der Waals surface area contributed by atoms with Crippen molar-refractivity contribution in [2.24, 2.45) is 0 Å². The van der Waals surface area contributed by atoms with E-state index in [9.17, 15) is 14.7 Å². The molecule has 1 saturated heterocycles. The molecule has 2 atom stereocenters. The summed E-state index contributed by atoms with van der Waals surface area (Å²) in [6, 6.07) is 11.2. The van der Waals surface area contributed by atoms with Gasteiger partial charge < -0.3 is 14.7 Å². The zero-order chi connectivity index (χ0) is 18.0. The van der Waals surface area contributed by atoms with Crippen molar-refractivity contribution >= 4 is 11.9 Å². The number of ether oxygens (including phenoxy) is 1. The fourth-order valence-corrected chi connectivity index (χ4v) is 3.09. The van der Waals surface area contributed by atoms with Gasteiger partial charge in [0, 0.05) is 23.9 Å². The molecule has 1 amide bonds. The van der Waals surface area contributed by atoms with Crippen LogP contribution in [0.2, 0.25) is 0 Å². The lowest BCUT2D eigenvalue weighted by Gasteiger charge is -2.35. The molecule has 2 heterocycles. The van der Waals surface area contributed by atoms with Crippen molar-refractivity contribution in [2.45, 2.75) is 26.1 Å². The lowest BCUT2D eigenvalue weighted by Crippen LogP contribution is -2.51. The van der Waals surface area contributed by atoms with Gasteiger partial charge in [0.2, 0.25) is 0 Å². The van der Waals surface area contributed by atoms with Gasteiger partial charge in [-0.2, -0.15) is 0 Å². The Labute approximate surface area is 146 Å². The first-order valence-corrected chi connectivity index (χ1v) is 8.16. The van der Waals surface area contributed by atoms with Crippen LogP contribution in [0, 0.1) is 6.92 Å². The van der Waals surface area contributed by atoms with E-state index < -0.39 is 12.1 Å². The van der Waals surface area contributed by atoms with Gasteiger partial charge in [-0.3, -0.25) is 9.78 Å². The Morgan fingerprint density at radius 2 is 2.00 bits per heavy atom. The standard InChI is InChI=1S/C19H20N2O4/c1-12-10-21(11-17(25-12)19(23)24)18(22)15-7-5-6-14(13(15)2)16-8-3-4-9-20-16/h3-9,12,17H,10-11H2,1-2H3,(H,23,24)/t12-,17?/m1/s1. The Bertz CT molecular complexity index is 791. The first-order chi connectivity index (χ1) is 12.0. The van der Waals surface area contributed by atoms with E-state index in [4.69, 9.17) is 4.74 Å². The van der Waals surface area contributed by atoms with Gasteiger partial charge in [0.15, 0.2) is 6.10 Å². The van der Waals surface area contributed by atoms with Gasteiger partial charge in [0.25, 0.3) is 5.91 Å². The summed E-state index contributed by atoms with van der Waals surface area (Å²) >= 11 is 0. The zero-order valence-electron chi connectivity index (χ0n) is 14.2. The highest BCUT2D eigenvalue weighted by Gasteiger charge is 2.33. The number of amides is 1. The molecule has 1 unspecified atom stereocenters. The zero-order valence-corrected chi connectivity index (χ0v) is 14.2. The average Bonchev–Trinajstić information content (AvgIpc) is 2.61. The number of nitrogens with zero attached hydrogens (tertiary/aromatic N) is 2. The summed E-state index contributed by atoms with van der Waals surface area (Å²) in [5.41, 5.74) is 3.08. The van der Waals surface area contributed by atoms with Gasteiger partial charge in [-0.1, -0.05) is 18.2 Å². The van der Waals surface area contributed by atoms with Crippen LogP contribution in [0.5, 0.6) is 0 Å². The lowest BCUT2D eigenvalue weighted by molar-refractivity contribution is -0.160. The van der Waals surface area contributed by atoms with Crippen LogP contribution in [-0.4, -0.2) is 52.2 Å². The molecule has 1 fully saturated rings. The maximum atomic E-state index is 13.0. The molecular formula is C19H20N2O4. The smallest absolute Gasteiger partial charge is 0.334 e. The average molecular weight is 340 g/mol. The number of carboxylic acids is 1. The molecule has 3 rings (SSSR count). The number of carbonyl (C=O) groups excluding carboxylic acids is 1. The van der Waals surface area contributed by atoms with E-state index in [2.05, 4.69) is 4.98 Å². The predicted octanol–water partition coefficient (Wildman–Crippen LogP) is 2.37.